The molecule has 0 N–H and O–H groups in total. The first-order chi connectivity index (χ1) is 13.7. The van der Waals surface area contributed by atoms with Crippen molar-refractivity contribution in [2.75, 3.05) is 31.1 Å². The Bertz CT molecular complexity index is 1180. The average molecular weight is 372 g/mol. The van der Waals surface area contributed by atoms with Gasteiger partial charge in [0.15, 0.2) is 12.0 Å². The van der Waals surface area contributed by atoms with Gasteiger partial charge in [-0.1, -0.05) is 18.2 Å². The number of nitrogens with zero attached hydrogens (tertiary/aromatic N) is 4. The molecule has 2 aromatic heterocycles. The first-order valence-corrected chi connectivity index (χ1v) is 9.43. The summed E-state index contributed by atoms with van der Waals surface area (Å²) in [5.74, 6) is 1.01. The maximum absolute atomic E-state index is 12.9. The number of carbonyl (C=O) groups excluding carboxylic acids is 1. The third-order valence-corrected chi connectivity index (χ3v) is 5.38. The fourth-order valence-corrected chi connectivity index (χ4v) is 3.81. The highest BCUT2D eigenvalue weighted by Crippen LogP contribution is 2.24. The first-order valence-electron chi connectivity index (χ1n) is 9.43. The standard InChI is InChI=1S/C22H20N4O2/c1-15-12-21(24-18-5-3-2-4-17(15)18)25-8-10-26(11-9-25)22(27)16-6-7-20-19(13-16)23-14-28-20/h2-7,12-14H,8-11H2,1H3. The molecule has 1 amide bonds. The highest BCUT2D eigenvalue weighted by atomic mass is 16.3. The van der Waals surface area contributed by atoms with Crippen molar-refractivity contribution in [2.45, 2.75) is 6.92 Å². The van der Waals surface area contributed by atoms with Gasteiger partial charge in [0.1, 0.15) is 11.3 Å². The van der Waals surface area contributed by atoms with E-state index in [1.54, 1.807) is 18.2 Å². The van der Waals surface area contributed by atoms with Crippen LogP contribution in [0.1, 0.15) is 15.9 Å². The van der Waals surface area contributed by atoms with Gasteiger partial charge in [0.05, 0.1) is 5.52 Å². The van der Waals surface area contributed by atoms with Gasteiger partial charge in [-0.25, -0.2) is 9.97 Å². The molecule has 3 heterocycles. The first kappa shape index (κ1) is 16.7. The van der Waals surface area contributed by atoms with Gasteiger partial charge in [0.2, 0.25) is 0 Å². The second-order valence-electron chi connectivity index (χ2n) is 7.13. The lowest BCUT2D eigenvalue weighted by molar-refractivity contribution is 0.0746. The Morgan fingerprint density at radius 3 is 2.68 bits per heavy atom. The topological polar surface area (TPSA) is 62.5 Å². The SMILES string of the molecule is Cc1cc(N2CCN(C(=O)c3ccc4ocnc4c3)CC2)nc2ccccc12. The lowest BCUT2D eigenvalue weighted by Crippen LogP contribution is -2.49. The van der Waals surface area contributed by atoms with Gasteiger partial charge in [0, 0.05) is 37.1 Å². The summed E-state index contributed by atoms with van der Waals surface area (Å²) in [6.07, 6.45) is 1.40. The maximum Gasteiger partial charge on any atom is 0.254 e. The van der Waals surface area contributed by atoms with E-state index in [0.29, 0.717) is 29.8 Å². The smallest absolute Gasteiger partial charge is 0.254 e. The number of benzene rings is 2. The van der Waals surface area contributed by atoms with E-state index in [2.05, 4.69) is 28.9 Å². The van der Waals surface area contributed by atoms with Gasteiger partial charge in [0.25, 0.3) is 5.91 Å². The highest BCUT2D eigenvalue weighted by Gasteiger charge is 2.23. The molecule has 1 aliphatic heterocycles. The maximum atomic E-state index is 12.9. The number of pyridine rings is 1. The zero-order chi connectivity index (χ0) is 19.1. The predicted octanol–water partition coefficient (Wildman–Crippen LogP) is 3.65. The summed E-state index contributed by atoms with van der Waals surface area (Å²) in [6.45, 7) is 4.99. The summed E-state index contributed by atoms with van der Waals surface area (Å²) in [5, 5.41) is 1.18. The zero-order valence-electron chi connectivity index (χ0n) is 15.6. The fraction of sp³-hybridized carbons (Fsp3) is 0.227. The predicted molar refractivity (Wildman–Crippen MR) is 109 cm³/mol. The van der Waals surface area contributed by atoms with Crippen molar-refractivity contribution in [1.29, 1.82) is 0 Å². The number of piperazine rings is 1. The number of amides is 1. The number of oxazole rings is 1. The largest absolute Gasteiger partial charge is 0.443 e. The van der Waals surface area contributed by atoms with Crippen molar-refractivity contribution in [1.82, 2.24) is 14.9 Å². The van der Waals surface area contributed by atoms with Crippen LogP contribution in [0.3, 0.4) is 0 Å². The zero-order valence-corrected chi connectivity index (χ0v) is 15.6. The summed E-state index contributed by atoms with van der Waals surface area (Å²) in [6, 6.07) is 15.7. The summed E-state index contributed by atoms with van der Waals surface area (Å²) in [5.41, 5.74) is 4.28. The van der Waals surface area contributed by atoms with Crippen molar-refractivity contribution in [3.63, 3.8) is 0 Å². The van der Waals surface area contributed by atoms with Crippen LogP contribution in [0.4, 0.5) is 5.82 Å². The molecule has 140 valence electrons. The van der Waals surface area contributed by atoms with Gasteiger partial charge in [-0.05, 0) is 42.8 Å². The third-order valence-electron chi connectivity index (χ3n) is 5.38. The van der Waals surface area contributed by atoms with Crippen molar-refractivity contribution in [3.8, 4) is 0 Å². The van der Waals surface area contributed by atoms with E-state index in [-0.39, 0.29) is 5.91 Å². The number of aromatic nitrogens is 2. The van der Waals surface area contributed by atoms with Gasteiger partial charge in [-0.3, -0.25) is 4.79 Å². The Morgan fingerprint density at radius 2 is 1.82 bits per heavy atom. The van der Waals surface area contributed by atoms with Gasteiger partial charge in [-0.15, -0.1) is 0 Å². The molecule has 0 aliphatic carbocycles. The van der Waals surface area contributed by atoms with Crippen molar-refractivity contribution in [2.24, 2.45) is 0 Å². The fourth-order valence-electron chi connectivity index (χ4n) is 3.81. The second-order valence-corrected chi connectivity index (χ2v) is 7.13. The number of carbonyl (C=O) groups is 1. The average Bonchev–Trinajstić information content (AvgIpc) is 3.21. The molecule has 6 nitrogen and oxygen atoms in total. The van der Waals surface area contributed by atoms with Crippen LogP contribution in [0.5, 0.6) is 0 Å². The van der Waals surface area contributed by atoms with Crippen molar-refractivity contribution >= 4 is 33.7 Å². The molecule has 0 bridgehead atoms. The Kier molecular flexibility index (Phi) is 3.97. The highest BCUT2D eigenvalue weighted by molar-refractivity contribution is 5.97. The Morgan fingerprint density at radius 1 is 1.00 bits per heavy atom. The summed E-state index contributed by atoms with van der Waals surface area (Å²) >= 11 is 0. The molecule has 1 saturated heterocycles. The monoisotopic (exact) mass is 372 g/mol. The number of aryl methyl sites for hydroxylation is 1. The molecule has 0 spiro atoms. The molecular weight excluding hydrogens is 352 g/mol. The molecule has 28 heavy (non-hydrogen) atoms. The lowest BCUT2D eigenvalue weighted by atomic mass is 10.1. The van der Waals surface area contributed by atoms with Crippen molar-refractivity contribution < 1.29 is 9.21 Å². The Labute approximate surface area is 162 Å². The van der Waals surface area contributed by atoms with Crippen LogP contribution >= 0.6 is 0 Å². The number of para-hydroxylation sites is 1. The molecule has 6 heteroatoms. The van der Waals surface area contributed by atoms with E-state index in [9.17, 15) is 4.79 Å². The van der Waals surface area contributed by atoms with E-state index < -0.39 is 0 Å². The van der Waals surface area contributed by atoms with E-state index in [4.69, 9.17) is 9.40 Å². The summed E-state index contributed by atoms with van der Waals surface area (Å²) in [4.78, 5) is 26.0. The van der Waals surface area contributed by atoms with Crippen LogP contribution < -0.4 is 4.90 Å². The van der Waals surface area contributed by atoms with E-state index in [0.717, 1.165) is 24.4 Å². The molecule has 4 aromatic rings. The number of anilines is 1. The van der Waals surface area contributed by atoms with Crippen LogP contribution in [-0.2, 0) is 0 Å². The minimum absolute atomic E-state index is 0.0344. The summed E-state index contributed by atoms with van der Waals surface area (Å²) < 4.78 is 5.25. The van der Waals surface area contributed by atoms with Gasteiger partial charge in [-0.2, -0.15) is 0 Å². The number of hydrogen-bond acceptors (Lipinski definition) is 5. The normalized spacial score (nSPS) is 14.8. The van der Waals surface area contributed by atoms with Gasteiger partial charge >= 0.3 is 0 Å². The minimum atomic E-state index is 0.0344. The Balaban J connectivity index is 1.32. The molecule has 1 fully saturated rings. The number of hydrogen-bond donors (Lipinski definition) is 0. The number of fused-ring (bicyclic) bond motifs is 2. The van der Waals surface area contributed by atoms with E-state index in [1.165, 1.54) is 17.3 Å². The van der Waals surface area contributed by atoms with Crippen LogP contribution in [0.15, 0.2) is 59.3 Å². The van der Waals surface area contributed by atoms with Crippen LogP contribution in [0, 0.1) is 6.92 Å². The quantitative estimate of drug-likeness (QED) is 0.537. The second kappa shape index (κ2) is 6.64. The Hall–Kier alpha value is -3.41. The molecule has 0 atom stereocenters. The van der Waals surface area contributed by atoms with E-state index >= 15 is 0 Å². The molecule has 0 saturated carbocycles. The molecule has 5 rings (SSSR count). The summed E-state index contributed by atoms with van der Waals surface area (Å²) in [7, 11) is 0. The molecule has 2 aromatic carbocycles. The third kappa shape index (κ3) is 2.87. The van der Waals surface area contributed by atoms with E-state index in [1.807, 2.05) is 23.1 Å². The molecule has 0 radical (unpaired) electrons. The number of rotatable bonds is 2. The lowest BCUT2D eigenvalue weighted by Gasteiger charge is -2.35. The van der Waals surface area contributed by atoms with Crippen molar-refractivity contribution in [3.05, 3.63) is 66.1 Å². The van der Waals surface area contributed by atoms with Crippen LogP contribution in [0.2, 0.25) is 0 Å². The van der Waals surface area contributed by atoms with Crippen LogP contribution in [0.25, 0.3) is 22.0 Å². The minimum Gasteiger partial charge on any atom is -0.443 e. The van der Waals surface area contributed by atoms with Gasteiger partial charge < -0.3 is 14.2 Å². The molecular formula is C22H20N4O2. The molecule has 0 unspecified atom stereocenters. The van der Waals surface area contributed by atoms with Crippen LogP contribution in [-0.4, -0.2) is 47.0 Å². The molecule has 1 aliphatic rings.